The molecule has 0 amide bonds. The number of unbranched alkanes of at least 4 members (excludes halogenated alkanes) is 1. The maximum atomic E-state index is 11.0. The van der Waals surface area contributed by atoms with Crippen molar-refractivity contribution in [1.29, 1.82) is 0 Å². The zero-order valence-corrected chi connectivity index (χ0v) is 11.0. The summed E-state index contributed by atoms with van der Waals surface area (Å²) in [6.07, 6.45) is 6.87. The van der Waals surface area contributed by atoms with Crippen molar-refractivity contribution in [3.8, 4) is 0 Å². The number of rotatable bonds is 8. The van der Waals surface area contributed by atoms with Gasteiger partial charge in [0.25, 0.3) is 0 Å². The molecule has 0 aliphatic carbocycles. The average Bonchev–Trinajstić information content (AvgIpc) is 2.39. The SMILES string of the molecule is CCCCC(NCc1cnc(CC)nc1)C(=O)O. The van der Waals surface area contributed by atoms with Gasteiger partial charge in [-0.25, -0.2) is 9.97 Å². The number of nitrogens with zero attached hydrogens (tertiary/aromatic N) is 2. The molecule has 1 aromatic rings. The Labute approximate surface area is 108 Å². The number of aliphatic carboxylic acids is 1. The third-order valence-electron chi connectivity index (χ3n) is 2.77. The van der Waals surface area contributed by atoms with Gasteiger partial charge in [0.05, 0.1) is 0 Å². The number of hydrogen-bond donors (Lipinski definition) is 2. The maximum Gasteiger partial charge on any atom is 0.320 e. The quantitative estimate of drug-likeness (QED) is 0.736. The van der Waals surface area contributed by atoms with Crippen molar-refractivity contribution in [2.24, 2.45) is 0 Å². The number of carboxylic acids is 1. The van der Waals surface area contributed by atoms with Crippen LogP contribution >= 0.6 is 0 Å². The number of aryl methyl sites for hydroxylation is 1. The number of hydrogen-bond acceptors (Lipinski definition) is 4. The summed E-state index contributed by atoms with van der Waals surface area (Å²) in [7, 11) is 0. The summed E-state index contributed by atoms with van der Waals surface area (Å²) in [4.78, 5) is 19.4. The molecule has 1 atom stereocenters. The molecule has 0 spiro atoms. The Morgan fingerprint density at radius 3 is 2.56 bits per heavy atom. The molecule has 1 aromatic heterocycles. The highest BCUT2D eigenvalue weighted by Crippen LogP contribution is 2.03. The Morgan fingerprint density at radius 1 is 1.39 bits per heavy atom. The van der Waals surface area contributed by atoms with Crippen molar-refractivity contribution in [1.82, 2.24) is 15.3 Å². The molecule has 100 valence electrons. The second-order valence-electron chi connectivity index (χ2n) is 4.28. The first-order valence-corrected chi connectivity index (χ1v) is 6.43. The Kier molecular flexibility index (Phi) is 6.28. The predicted molar refractivity (Wildman–Crippen MR) is 69.2 cm³/mol. The minimum Gasteiger partial charge on any atom is -0.480 e. The second kappa shape index (κ2) is 7.76. The van der Waals surface area contributed by atoms with Crippen LogP contribution < -0.4 is 5.32 Å². The van der Waals surface area contributed by atoms with Gasteiger partial charge in [-0.1, -0.05) is 26.7 Å². The van der Waals surface area contributed by atoms with E-state index in [0.717, 1.165) is 30.7 Å². The lowest BCUT2D eigenvalue weighted by atomic mass is 10.1. The number of nitrogens with one attached hydrogen (secondary N) is 1. The predicted octanol–water partition coefficient (Wildman–Crippen LogP) is 1.77. The fourth-order valence-corrected chi connectivity index (χ4v) is 1.62. The van der Waals surface area contributed by atoms with Crippen LogP contribution in [-0.4, -0.2) is 27.1 Å². The zero-order chi connectivity index (χ0) is 13.4. The largest absolute Gasteiger partial charge is 0.480 e. The molecule has 1 heterocycles. The minimum absolute atomic E-state index is 0.490. The Hall–Kier alpha value is -1.49. The summed E-state index contributed by atoms with van der Waals surface area (Å²) in [5.41, 5.74) is 0.912. The summed E-state index contributed by atoms with van der Waals surface area (Å²) in [5.74, 6) is 0.00839. The van der Waals surface area contributed by atoms with Gasteiger partial charge in [-0.2, -0.15) is 0 Å². The highest BCUT2D eigenvalue weighted by Gasteiger charge is 2.15. The van der Waals surface area contributed by atoms with Gasteiger partial charge in [-0.15, -0.1) is 0 Å². The van der Waals surface area contributed by atoms with Crippen LogP contribution in [0.25, 0.3) is 0 Å². The van der Waals surface area contributed by atoms with Crippen LogP contribution in [0.5, 0.6) is 0 Å². The molecule has 0 saturated carbocycles. The maximum absolute atomic E-state index is 11.0. The van der Waals surface area contributed by atoms with Crippen LogP contribution in [0.2, 0.25) is 0 Å². The molecule has 0 aliphatic rings. The summed E-state index contributed by atoms with van der Waals surface area (Å²) in [5, 5.41) is 12.1. The van der Waals surface area contributed by atoms with Gasteiger partial charge in [0, 0.05) is 30.9 Å². The number of carbonyl (C=O) groups is 1. The highest BCUT2D eigenvalue weighted by molar-refractivity contribution is 5.73. The van der Waals surface area contributed by atoms with Crippen molar-refractivity contribution in [2.45, 2.75) is 52.1 Å². The van der Waals surface area contributed by atoms with Gasteiger partial charge < -0.3 is 10.4 Å². The molecule has 0 aromatic carbocycles. The van der Waals surface area contributed by atoms with Crippen molar-refractivity contribution in [3.05, 3.63) is 23.8 Å². The fraction of sp³-hybridized carbons (Fsp3) is 0.615. The molecule has 0 bridgehead atoms. The number of aromatic nitrogens is 2. The minimum atomic E-state index is -0.797. The molecule has 1 unspecified atom stereocenters. The molecular weight excluding hydrogens is 230 g/mol. The molecule has 5 nitrogen and oxygen atoms in total. The summed E-state index contributed by atoms with van der Waals surface area (Å²) in [6, 6.07) is -0.490. The first kappa shape index (κ1) is 14.6. The van der Waals surface area contributed by atoms with Crippen LogP contribution in [0.4, 0.5) is 0 Å². The Balaban J connectivity index is 2.47. The first-order chi connectivity index (χ1) is 8.67. The standard InChI is InChI=1S/C13H21N3O2/c1-3-5-6-11(13(17)18)14-7-10-8-15-12(4-2)16-9-10/h8-9,11,14H,3-7H2,1-2H3,(H,17,18). The van der Waals surface area contributed by atoms with E-state index in [2.05, 4.69) is 22.2 Å². The van der Waals surface area contributed by atoms with Crippen LogP contribution in [0.3, 0.4) is 0 Å². The van der Waals surface area contributed by atoms with E-state index in [0.29, 0.717) is 13.0 Å². The smallest absolute Gasteiger partial charge is 0.320 e. The zero-order valence-electron chi connectivity index (χ0n) is 11.0. The van der Waals surface area contributed by atoms with Gasteiger partial charge in [-0.05, 0) is 6.42 Å². The van der Waals surface area contributed by atoms with Crippen molar-refractivity contribution in [2.75, 3.05) is 0 Å². The van der Waals surface area contributed by atoms with Crippen LogP contribution in [-0.2, 0) is 17.8 Å². The Morgan fingerprint density at radius 2 is 2.06 bits per heavy atom. The normalized spacial score (nSPS) is 12.3. The molecule has 5 heteroatoms. The van der Waals surface area contributed by atoms with Gasteiger partial charge >= 0.3 is 5.97 Å². The van der Waals surface area contributed by atoms with E-state index >= 15 is 0 Å². The van der Waals surface area contributed by atoms with E-state index in [1.807, 2.05) is 6.92 Å². The molecule has 1 rings (SSSR count). The van der Waals surface area contributed by atoms with Gasteiger partial charge in [-0.3, -0.25) is 4.79 Å². The van der Waals surface area contributed by atoms with Crippen molar-refractivity contribution in [3.63, 3.8) is 0 Å². The van der Waals surface area contributed by atoms with Crippen molar-refractivity contribution < 1.29 is 9.90 Å². The van der Waals surface area contributed by atoms with E-state index in [-0.39, 0.29) is 0 Å². The van der Waals surface area contributed by atoms with Crippen LogP contribution in [0.15, 0.2) is 12.4 Å². The van der Waals surface area contributed by atoms with Crippen LogP contribution in [0, 0.1) is 0 Å². The summed E-state index contributed by atoms with van der Waals surface area (Å²) < 4.78 is 0. The van der Waals surface area contributed by atoms with E-state index < -0.39 is 12.0 Å². The topological polar surface area (TPSA) is 75.1 Å². The number of carboxylic acid groups (broad SMARTS) is 1. The fourth-order valence-electron chi connectivity index (χ4n) is 1.62. The molecule has 2 N–H and O–H groups in total. The van der Waals surface area contributed by atoms with Gasteiger partial charge in [0.15, 0.2) is 0 Å². The molecule has 0 fully saturated rings. The lowest BCUT2D eigenvalue weighted by Crippen LogP contribution is -2.36. The van der Waals surface area contributed by atoms with Gasteiger partial charge in [0.1, 0.15) is 11.9 Å². The highest BCUT2D eigenvalue weighted by atomic mass is 16.4. The average molecular weight is 251 g/mol. The lowest BCUT2D eigenvalue weighted by Gasteiger charge is -2.13. The van der Waals surface area contributed by atoms with E-state index in [4.69, 9.17) is 5.11 Å². The van der Waals surface area contributed by atoms with Crippen molar-refractivity contribution >= 4 is 5.97 Å². The van der Waals surface area contributed by atoms with E-state index in [1.54, 1.807) is 12.4 Å². The van der Waals surface area contributed by atoms with Crippen LogP contribution in [0.1, 0.15) is 44.5 Å². The molecule has 0 aliphatic heterocycles. The summed E-state index contributed by atoms with van der Waals surface area (Å²) in [6.45, 7) is 4.54. The first-order valence-electron chi connectivity index (χ1n) is 6.43. The molecule has 18 heavy (non-hydrogen) atoms. The Bertz CT molecular complexity index is 365. The lowest BCUT2D eigenvalue weighted by molar-refractivity contribution is -0.139. The molecular formula is C13H21N3O2. The third-order valence-corrected chi connectivity index (χ3v) is 2.77. The molecule has 0 saturated heterocycles. The molecule has 0 radical (unpaired) electrons. The third kappa shape index (κ3) is 4.79. The van der Waals surface area contributed by atoms with E-state index in [9.17, 15) is 4.79 Å². The summed E-state index contributed by atoms with van der Waals surface area (Å²) >= 11 is 0. The van der Waals surface area contributed by atoms with Gasteiger partial charge in [0.2, 0.25) is 0 Å². The van der Waals surface area contributed by atoms with E-state index in [1.165, 1.54) is 0 Å². The second-order valence-corrected chi connectivity index (χ2v) is 4.28. The monoisotopic (exact) mass is 251 g/mol.